The highest BCUT2D eigenvalue weighted by atomic mass is 35.5. The highest BCUT2D eigenvalue weighted by molar-refractivity contribution is 6.30. The summed E-state index contributed by atoms with van der Waals surface area (Å²) in [6, 6.07) is 7.85. The number of hydrogen-bond acceptors (Lipinski definition) is 3. The molecular weight excluding hydrogens is 278 g/mol. The highest BCUT2D eigenvalue weighted by Gasteiger charge is 2.10. The minimum atomic E-state index is -0.326. The fraction of sp³-hybridized carbons (Fsp3) is 0. The third kappa shape index (κ3) is 2.31. The zero-order valence-corrected chi connectivity index (χ0v) is 11.0. The van der Waals surface area contributed by atoms with Gasteiger partial charge in [-0.05, 0) is 24.3 Å². The first-order valence-electron chi connectivity index (χ1n) is 5.86. The van der Waals surface area contributed by atoms with Crippen LogP contribution in [0.5, 0.6) is 5.75 Å². The molecule has 20 heavy (non-hydrogen) atoms. The Labute approximate surface area is 119 Å². The van der Waals surface area contributed by atoms with Crippen molar-refractivity contribution in [1.82, 2.24) is 9.38 Å². The van der Waals surface area contributed by atoms with Crippen LogP contribution < -0.4 is 5.32 Å². The summed E-state index contributed by atoms with van der Waals surface area (Å²) < 4.78 is 1.80. The summed E-state index contributed by atoms with van der Waals surface area (Å²) in [6.07, 6.45) is 5.20. The second-order valence-corrected chi connectivity index (χ2v) is 4.66. The van der Waals surface area contributed by atoms with E-state index in [1.807, 2.05) is 0 Å². The lowest BCUT2D eigenvalue weighted by Crippen LogP contribution is -2.12. The summed E-state index contributed by atoms with van der Waals surface area (Å²) in [6.45, 7) is 0. The number of carbonyl (C=O) groups is 1. The van der Waals surface area contributed by atoms with Crippen molar-refractivity contribution in [2.24, 2.45) is 0 Å². The molecule has 0 spiro atoms. The van der Waals surface area contributed by atoms with Gasteiger partial charge in [0.1, 0.15) is 11.4 Å². The van der Waals surface area contributed by atoms with Gasteiger partial charge < -0.3 is 14.8 Å². The van der Waals surface area contributed by atoms with Gasteiger partial charge in [-0.15, -0.1) is 0 Å². The molecule has 0 atom stereocenters. The van der Waals surface area contributed by atoms with Gasteiger partial charge in [0.05, 0.1) is 5.69 Å². The zero-order chi connectivity index (χ0) is 14.1. The lowest BCUT2D eigenvalue weighted by atomic mass is 10.2. The summed E-state index contributed by atoms with van der Waals surface area (Å²) in [5, 5.41) is 12.7. The van der Waals surface area contributed by atoms with Crippen LogP contribution >= 0.6 is 11.6 Å². The molecule has 0 aliphatic carbocycles. The maximum Gasteiger partial charge on any atom is 0.255 e. The second-order valence-electron chi connectivity index (χ2n) is 4.22. The Hall–Kier alpha value is -2.53. The van der Waals surface area contributed by atoms with E-state index in [1.54, 1.807) is 47.3 Å². The molecule has 1 amide bonds. The molecular formula is C14H10ClN3O2. The molecule has 100 valence electrons. The first kappa shape index (κ1) is 12.5. The Morgan fingerprint density at radius 1 is 1.25 bits per heavy atom. The maximum absolute atomic E-state index is 12.1. The molecule has 0 saturated carbocycles. The van der Waals surface area contributed by atoms with Crippen molar-refractivity contribution in [3.63, 3.8) is 0 Å². The monoisotopic (exact) mass is 287 g/mol. The average Bonchev–Trinajstić information content (AvgIpc) is 2.89. The molecule has 2 aromatic heterocycles. The Balaban J connectivity index is 1.88. The van der Waals surface area contributed by atoms with E-state index in [2.05, 4.69) is 10.3 Å². The first-order chi connectivity index (χ1) is 9.63. The molecule has 2 heterocycles. The molecule has 0 aliphatic rings. The van der Waals surface area contributed by atoms with Crippen molar-refractivity contribution in [1.29, 1.82) is 0 Å². The number of phenols is 1. The number of pyridine rings is 1. The van der Waals surface area contributed by atoms with Gasteiger partial charge in [0.2, 0.25) is 0 Å². The molecule has 6 heteroatoms. The quantitative estimate of drug-likeness (QED) is 0.712. The molecule has 3 aromatic rings. The number of amides is 1. The minimum absolute atomic E-state index is 0.0762. The van der Waals surface area contributed by atoms with Crippen LogP contribution in [0.15, 0.2) is 48.9 Å². The fourth-order valence-corrected chi connectivity index (χ4v) is 2.02. The molecule has 3 rings (SSSR count). The normalized spacial score (nSPS) is 10.7. The van der Waals surface area contributed by atoms with Crippen LogP contribution in [-0.4, -0.2) is 20.4 Å². The highest BCUT2D eigenvalue weighted by Crippen LogP contribution is 2.27. The average molecular weight is 288 g/mol. The predicted octanol–water partition coefficient (Wildman–Crippen LogP) is 2.95. The minimum Gasteiger partial charge on any atom is -0.506 e. The molecule has 5 nitrogen and oxygen atoms in total. The molecule has 2 N–H and O–H groups in total. The lowest BCUT2D eigenvalue weighted by molar-refractivity contribution is 0.102. The second kappa shape index (κ2) is 4.86. The number of benzene rings is 1. The maximum atomic E-state index is 12.1. The number of anilines is 1. The molecule has 1 aromatic carbocycles. The Morgan fingerprint density at radius 2 is 2.10 bits per heavy atom. The van der Waals surface area contributed by atoms with Gasteiger partial charge in [-0.2, -0.15) is 0 Å². The number of carbonyl (C=O) groups excluding carboxylic acids is 1. The number of hydrogen-bond donors (Lipinski definition) is 2. The SMILES string of the molecule is O=C(Nc1ccc(Cl)cc1O)c1ccn2ccnc2c1. The Morgan fingerprint density at radius 3 is 2.90 bits per heavy atom. The van der Waals surface area contributed by atoms with Crippen LogP contribution in [-0.2, 0) is 0 Å². The van der Waals surface area contributed by atoms with Crippen molar-refractivity contribution < 1.29 is 9.90 Å². The number of fused-ring (bicyclic) bond motifs is 1. The van der Waals surface area contributed by atoms with Crippen LogP contribution in [0.1, 0.15) is 10.4 Å². The van der Waals surface area contributed by atoms with Gasteiger partial charge >= 0.3 is 0 Å². The Kier molecular flexibility index (Phi) is 3.04. The third-order valence-electron chi connectivity index (χ3n) is 2.87. The number of halogens is 1. The van der Waals surface area contributed by atoms with Crippen molar-refractivity contribution in [3.05, 3.63) is 59.5 Å². The number of aromatic hydroxyl groups is 1. The van der Waals surface area contributed by atoms with E-state index >= 15 is 0 Å². The van der Waals surface area contributed by atoms with Gasteiger partial charge in [0.15, 0.2) is 0 Å². The van der Waals surface area contributed by atoms with Crippen molar-refractivity contribution in [3.8, 4) is 5.75 Å². The van der Waals surface area contributed by atoms with Crippen LogP contribution in [0, 0.1) is 0 Å². The Bertz CT molecular complexity index is 798. The van der Waals surface area contributed by atoms with Gasteiger partial charge in [-0.25, -0.2) is 4.98 Å². The molecule has 0 unspecified atom stereocenters. The van der Waals surface area contributed by atoms with E-state index in [9.17, 15) is 9.90 Å². The fourth-order valence-electron chi connectivity index (χ4n) is 1.86. The van der Waals surface area contributed by atoms with E-state index < -0.39 is 0 Å². The van der Waals surface area contributed by atoms with E-state index in [-0.39, 0.29) is 11.7 Å². The third-order valence-corrected chi connectivity index (χ3v) is 3.10. The molecule has 0 fully saturated rings. The summed E-state index contributed by atoms with van der Waals surface area (Å²) >= 11 is 5.74. The summed E-state index contributed by atoms with van der Waals surface area (Å²) in [5.74, 6) is -0.402. The van der Waals surface area contributed by atoms with Crippen LogP contribution in [0.3, 0.4) is 0 Å². The van der Waals surface area contributed by atoms with Gasteiger partial charge in [-0.3, -0.25) is 4.79 Å². The molecule has 0 bridgehead atoms. The molecule has 0 saturated heterocycles. The smallest absolute Gasteiger partial charge is 0.255 e. The van der Waals surface area contributed by atoms with Gasteiger partial charge in [0.25, 0.3) is 5.91 Å². The summed E-state index contributed by atoms with van der Waals surface area (Å²) in [5.41, 5.74) is 1.44. The first-order valence-corrected chi connectivity index (χ1v) is 6.24. The van der Waals surface area contributed by atoms with Crippen LogP contribution in [0.2, 0.25) is 5.02 Å². The van der Waals surface area contributed by atoms with E-state index in [4.69, 9.17) is 11.6 Å². The predicted molar refractivity (Wildman–Crippen MR) is 76.3 cm³/mol. The number of aromatic nitrogens is 2. The van der Waals surface area contributed by atoms with Crippen molar-refractivity contribution in [2.75, 3.05) is 5.32 Å². The summed E-state index contributed by atoms with van der Waals surface area (Å²) in [4.78, 5) is 16.2. The zero-order valence-electron chi connectivity index (χ0n) is 10.2. The standard InChI is InChI=1S/C14H10ClN3O2/c15-10-1-2-11(12(19)8-10)17-14(20)9-3-5-18-6-4-16-13(18)7-9/h1-8,19H,(H,17,20). The van der Waals surface area contributed by atoms with Crippen LogP contribution in [0.4, 0.5) is 5.69 Å². The van der Waals surface area contributed by atoms with E-state index in [0.717, 1.165) is 0 Å². The molecule has 0 radical (unpaired) electrons. The molecule has 0 aliphatic heterocycles. The summed E-state index contributed by atoms with van der Waals surface area (Å²) in [7, 11) is 0. The lowest BCUT2D eigenvalue weighted by Gasteiger charge is -2.07. The van der Waals surface area contributed by atoms with E-state index in [0.29, 0.717) is 21.9 Å². The number of nitrogens with one attached hydrogen (secondary N) is 1. The van der Waals surface area contributed by atoms with Crippen LogP contribution in [0.25, 0.3) is 5.65 Å². The topological polar surface area (TPSA) is 66.6 Å². The van der Waals surface area contributed by atoms with Gasteiger partial charge in [-0.1, -0.05) is 11.6 Å². The van der Waals surface area contributed by atoms with E-state index in [1.165, 1.54) is 6.07 Å². The number of rotatable bonds is 2. The van der Waals surface area contributed by atoms with Gasteiger partial charge in [0, 0.05) is 35.2 Å². The largest absolute Gasteiger partial charge is 0.506 e. The number of nitrogens with zero attached hydrogens (tertiary/aromatic N) is 2. The number of imidazole rings is 1. The van der Waals surface area contributed by atoms with Crippen molar-refractivity contribution in [2.45, 2.75) is 0 Å². The van der Waals surface area contributed by atoms with Crippen molar-refractivity contribution >= 4 is 28.8 Å². The number of phenolic OH excluding ortho intramolecular Hbond substituents is 1.